The van der Waals surface area contributed by atoms with Crippen molar-refractivity contribution in [2.24, 2.45) is 11.8 Å². The number of rotatable bonds is 6. The number of carboxylic acid groups (broad SMARTS) is 1. The Labute approximate surface area is 231 Å². The van der Waals surface area contributed by atoms with Gasteiger partial charge in [-0.15, -0.1) is 8.78 Å². The first-order chi connectivity index (χ1) is 19.4. The van der Waals surface area contributed by atoms with Crippen LogP contribution < -0.4 is 29.0 Å². The predicted molar refractivity (Wildman–Crippen MR) is 132 cm³/mol. The van der Waals surface area contributed by atoms with E-state index in [0.29, 0.717) is 43.2 Å². The van der Waals surface area contributed by atoms with Crippen LogP contribution in [0.5, 0.6) is 28.7 Å². The maximum atomic E-state index is 13.8. The SMILES string of the molecule is C[C@]1(C(=O)N[C@@H]2C[C@H]([C@H]3CC[C@@H](C(=O)O)CC3)Oc3cc(OC(F)F)ccc32)COc2cc3c(cc21)OC(F)(F)O3. The van der Waals surface area contributed by atoms with E-state index in [0.717, 1.165) is 0 Å². The molecule has 1 aliphatic carbocycles. The standard InChI is InChI=1S/C28H27F4NO8/c1-27(12-37-21-11-23-22(9-17(21)27)40-28(31,32)41-23)25(36)33-18-10-19(13-2-4-14(5-3-13)24(34)35)39-20-8-15(38-26(29)30)6-7-16(18)20/h6-9,11,13-14,18-19,26H,2-5,10,12H2,1H3,(H,33,36)(H,34,35)/t13-,14+,18-,19-,27+/m1/s1. The number of benzene rings is 2. The topological polar surface area (TPSA) is 113 Å². The number of carbonyl (C=O) groups is 2. The Hall–Kier alpha value is -3.90. The molecule has 0 radical (unpaired) electrons. The van der Waals surface area contributed by atoms with Gasteiger partial charge in [-0.1, -0.05) is 0 Å². The zero-order valence-electron chi connectivity index (χ0n) is 21.8. The van der Waals surface area contributed by atoms with E-state index in [4.69, 9.17) is 9.47 Å². The van der Waals surface area contributed by atoms with Crippen molar-refractivity contribution in [1.29, 1.82) is 0 Å². The Morgan fingerprint density at radius 2 is 1.73 bits per heavy atom. The number of carbonyl (C=O) groups excluding carboxylic acids is 1. The highest BCUT2D eigenvalue weighted by atomic mass is 19.3. The van der Waals surface area contributed by atoms with Crippen molar-refractivity contribution in [2.75, 3.05) is 6.61 Å². The summed E-state index contributed by atoms with van der Waals surface area (Å²) in [5, 5.41) is 12.4. The highest BCUT2D eigenvalue weighted by Crippen LogP contribution is 2.50. The third-order valence-electron chi connectivity index (χ3n) is 8.40. The average Bonchev–Trinajstić information content (AvgIpc) is 3.41. The number of hydrogen-bond acceptors (Lipinski definition) is 7. The van der Waals surface area contributed by atoms with Crippen LogP contribution in [0.25, 0.3) is 0 Å². The monoisotopic (exact) mass is 581 g/mol. The van der Waals surface area contributed by atoms with E-state index in [1.54, 1.807) is 13.0 Å². The van der Waals surface area contributed by atoms with Gasteiger partial charge in [0.05, 0.1) is 12.0 Å². The minimum absolute atomic E-state index is 0.00893. The van der Waals surface area contributed by atoms with Crippen LogP contribution in [0.3, 0.4) is 0 Å². The average molecular weight is 582 g/mol. The summed E-state index contributed by atoms with van der Waals surface area (Å²) in [6, 6.07) is 6.26. The summed E-state index contributed by atoms with van der Waals surface area (Å²) >= 11 is 0. The molecule has 3 aliphatic heterocycles. The van der Waals surface area contributed by atoms with Crippen LogP contribution in [0.2, 0.25) is 0 Å². The lowest BCUT2D eigenvalue weighted by Crippen LogP contribution is -2.47. The van der Waals surface area contributed by atoms with E-state index >= 15 is 0 Å². The van der Waals surface area contributed by atoms with E-state index in [1.807, 2.05) is 0 Å². The van der Waals surface area contributed by atoms with Crippen molar-refractivity contribution >= 4 is 11.9 Å². The van der Waals surface area contributed by atoms with Gasteiger partial charge in [-0.3, -0.25) is 9.59 Å². The number of alkyl halides is 4. The van der Waals surface area contributed by atoms with Gasteiger partial charge in [0.2, 0.25) is 5.91 Å². The second kappa shape index (κ2) is 9.88. The van der Waals surface area contributed by atoms with Gasteiger partial charge in [-0.2, -0.15) is 8.78 Å². The molecule has 13 heteroatoms. The van der Waals surface area contributed by atoms with Crippen LogP contribution in [0, 0.1) is 11.8 Å². The molecule has 6 rings (SSSR count). The smallest absolute Gasteiger partial charge is 0.492 e. The number of carboxylic acids is 1. The summed E-state index contributed by atoms with van der Waals surface area (Å²) in [4.78, 5) is 25.2. The molecule has 0 bridgehead atoms. The molecular formula is C28H27F4NO8. The van der Waals surface area contributed by atoms with Crippen LogP contribution >= 0.6 is 0 Å². The van der Waals surface area contributed by atoms with Gasteiger partial charge < -0.3 is 34.1 Å². The molecule has 2 aromatic carbocycles. The molecule has 0 unspecified atom stereocenters. The van der Waals surface area contributed by atoms with Crippen LogP contribution in [0.15, 0.2) is 30.3 Å². The predicted octanol–water partition coefficient (Wildman–Crippen LogP) is 5.16. The molecule has 1 fully saturated rings. The van der Waals surface area contributed by atoms with E-state index in [-0.39, 0.29) is 41.3 Å². The molecule has 3 atom stereocenters. The second-order valence-corrected chi connectivity index (χ2v) is 11.0. The minimum atomic E-state index is -3.83. The van der Waals surface area contributed by atoms with E-state index in [2.05, 4.69) is 19.5 Å². The van der Waals surface area contributed by atoms with Crippen molar-refractivity contribution in [2.45, 2.75) is 69.5 Å². The van der Waals surface area contributed by atoms with Gasteiger partial charge in [0.15, 0.2) is 11.5 Å². The number of hydrogen-bond donors (Lipinski definition) is 2. The maximum absolute atomic E-state index is 13.8. The quantitative estimate of drug-likeness (QED) is 0.450. The zero-order valence-corrected chi connectivity index (χ0v) is 21.8. The van der Waals surface area contributed by atoms with Gasteiger partial charge in [0, 0.05) is 29.7 Å². The number of halogens is 4. The maximum Gasteiger partial charge on any atom is 0.586 e. The Morgan fingerprint density at radius 3 is 2.41 bits per heavy atom. The minimum Gasteiger partial charge on any atom is -0.492 e. The summed E-state index contributed by atoms with van der Waals surface area (Å²) in [6.07, 6.45) is -1.72. The fraction of sp³-hybridized carbons (Fsp3) is 0.500. The van der Waals surface area contributed by atoms with Crippen LogP contribution in [-0.2, 0) is 15.0 Å². The highest BCUT2D eigenvalue weighted by molar-refractivity contribution is 5.90. The molecule has 41 heavy (non-hydrogen) atoms. The Bertz CT molecular complexity index is 1380. The summed E-state index contributed by atoms with van der Waals surface area (Å²) in [5.41, 5.74) is -0.354. The first-order valence-electron chi connectivity index (χ1n) is 13.3. The van der Waals surface area contributed by atoms with Crippen LogP contribution in [0.1, 0.15) is 56.2 Å². The molecular weight excluding hydrogens is 554 g/mol. The lowest BCUT2D eigenvalue weighted by molar-refractivity contribution is -0.286. The lowest BCUT2D eigenvalue weighted by atomic mass is 9.76. The number of aliphatic carboxylic acids is 1. The largest absolute Gasteiger partial charge is 0.586 e. The van der Waals surface area contributed by atoms with Crippen molar-refractivity contribution in [3.8, 4) is 28.7 Å². The first kappa shape index (κ1) is 27.3. The molecule has 1 amide bonds. The molecule has 0 aromatic heterocycles. The third-order valence-corrected chi connectivity index (χ3v) is 8.40. The van der Waals surface area contributed by atoms with Gasteiger partial charge in [0.25, 0.3) is 0 Å². The normalized spacial score (nSPS) is 29.1. The van der Waals surface area contributed by atoms with Gasteiger partial charge in [0.1, 0.15) is 35.4 Å². The number of ether oxygens (including phenoxy) is 5. The van der Waals surface area contributed by atoms with E-state index in [9.17, 15) is 32.3 Å². The van der Waals surface area contributed by atoms with Crippen LogP contribution in [0.4, 0.5) is 17.6 Å². The summed E-state index contributed by atoms with van der Waals surface area (Å²) in [7, 11) is 0. The molecule has 2 aromatic rings. The number of nitrogens with one attached hydrogen (secondary N) is 1. The number of fused-ring (bicyclic) bond motifs is 3. The lowest BCUT2D eigenvalue weighted by Gasteiger charge is -2.39. The summed E-state index contributed by atoms with van der Waals surface area (Å²) in [5.74, 6) is -1.72. The first-order valence-corrected chi connectivity index (χ1v) is 13.3. The van der Waals surface area contributed by atoms with Gasteiger partial charge >= 0.3 is 18.9 Å². The van der Waals surface area contributed by atoms with E-state index < -0.39 is 48.3 Å². The summed E-state index contributed by atoms with van der Waals surface area (Å²) in [6.45, 7) is -1.47. The fourth-order valence-electron chi connectivity index (χ4n) is 6.15. The fourth-order valence-corrected chi connectivity index (χ4v) is 6.15. The Morgan fingerprint density at radius 1 is 1.02 bits per heavy atom. The zero-order chi connectivity index (χ0) is 29.1. The van der Waals surface area contributed by atoms with Gasteiger partial charge in [-0.05, 0) is 56.7 Å². The molecule has 9 nitrogen and oxygen atoms in total. The van der Waals surface area contributed by atoms with E-state index in [1.165, 1.54) is 24.3 Å². The molecule has 4 aliphatic rings. The third kappa shape index (κ3) is 5.06. The van der Waals surface area contributed by atoms with Crippen LogP contribution in [-0.4, -0.2) is 42.6 Å². The van der Waals surface area contributed by atoms with Crippen molar-refractivity contribution in [1.82, 2.24) is 5.32 Å². The molecule has 0 saturated heterocycles. The molecule has 3 heterocycles. The molecule has 0 spiro atoms. The van der Waals surface area contributed by atoms with Gasteiger partial charge in [-0.25, -0.2) is 0 Å². The Kier molecular flexibility index (Phi) is 6.57. The molecule has 2 N–H and O–H groups in total. The number of amides is 1. The second-order valence-electron chi connectivity index (χ2n) is 11.0. The Balaban J connectivity index is 1.26. The highest BCUT2D eigenvalue weighted by Gasteiger charge is 2.49. The summed E-state index contributed by atoms with van der Waals surface area (Å²) < 4.78 is 78.5. The molecule has 1 saturated carbocycles. The molecule has 220 valence electrons. The van der Waals surface area contributed by atoms with Crippen molar-refractivity contribution in [3.05, 3.63) is 41.5 Å². The van der Waals surface area contributed by atoms with Crippen molar-refractivity contribution < 1.29 is 55.9 Å². The van der Waals surface area contributed by atoms with Crippen molar-refractivity contribution in [3.63, 3.8) is 0 Å².